The molecule has 0 fully saturated rings. The molecule has 227 valence electrons. The Labute approximate surface area is 241 Å². The third-order valence-electron chi connectivity index (χ3n) is 6.14. The van der Waals surface area contributed by atoms with Crippen molar-refractivity contribution in [1.82, 2.24) is 0 Å². The van der Waals surface area contributed by atoms with Crippen molar-refractivity contribution in [3.63, 3.8) is 0 Å². The molecule has 2 unspecified atom stereocenters. The standard InChI is InChI=1S/2C14H31O3P.Co/c2*1-3-5-7-9-11-13-17-18(15,16)14-12-10-8-6-4-2;/h2*3-14H2,1-2H3,(H,15,16);/q;;+2/p-2. The number of rotatable bonds is 26. The molecule has 0 bridgehead atoms. The molecule has 0 aliphatic rings. The minimum absolute atomic E-state index is 0. The Morgan fingerprint density at radius 3 is 0.946 bits per heavy atom. The summed E-state index contributed by atoms with van der Waals surface area (Å²) >= 11 is 0. The summed E-state index contributed by atoms with van der Waals surface area (Å²) in [7, 11) is -7.09. The third-order valence-corrected chi connectivity index (χ3v) is 9.02. The van der Waals surface area contributed by atoms with Crippen LogP contribution in [0.2, 0.25) is 0 Å². The first-order valence-corrected chi connectivity index (χ1v) is 18.6. The van der Waals surface area contributed by atoms with E-state index in [2.05, 4.69) is 27.7 Å². The Morgan fingerprint density at radius 2 is 0.676 bits per heavy atom. The summed E-state index contributed by atoms with van der Waals surface area (Å²) < 4.78 is 33.1. The van der Waals surface area contributed by atoms with Crippen LogP contribution in [0, 0.1) is 0 Å². The van der Waals surface area contributed by atoms with Crippen molar-refractivity contribution in [3.05, 3.63) is 0 Å². The maximum absolute atomic E-state index is 11.6. The third kappa shape index (κ3) is 36.8. The Hall–Kier alpha value is 0.806. The normalized spacial score (nSPS) is 14.2. The fourth-order valence-corrected chi connectivity index (χ4v) is 6.06. The van der Waals surface area contributed by atoms with Gasteiger partial charge in [-0.1, -0.05) is 130 Å². The average molecular weight is 614 g/mol. The van der Waals surface area contributed by atoms with Gasteiger partial charge in [0, 0.05) is 12.3 Å². The second kappa shape index (κ2) is 31.3. The van der Waals surface area contributed by atoms with Crippen LogP contribution in [0.3, 0.4) is 0 Å². The van der Waals surface area contributed by atoms with Crippen molar-refractivity contribution in [3.8, 4) is 0 Å². The van der Waals surface area contributed by atoms with E-state index >= 15 is 0 Å². The van der Waals surface area contributed by atoms with Crippen LogP contribution in [0.15, 0.2) is 0 Å². The summed E-state index contributed by atoms with van der Waals surface area (Å²) in [5.41, 5.74) is 0. The van der Waals surface area contributed by atoms with E-state index < -0.39 is 15.2 Å². The molecule has 6 nitrogen and oxygen atoms in total. The molecule has 0 aromatic rings. The first kappa shape index (κ1) is 42.3. The first-order valence-electron chi connectivity index (χ1n) is 15.1. The molecule has 0 aliphatic heterocycles. The van der Waals surface area contributed by atoms with Crippen LogP contribution in [0.5, 0.6) is 0 Å². The zero-order valence-electron chi connectivity index (χ0n) is 24.6. The van der Waals surface area contributed by atoms with E-state index in [9.17, 15) is 18.9 Å². The Kier molecular flexibility index (Phi) is 35.8. The number of unbranched alkanes of at least 4 members (excludes halogenated alkanes) is 16. The van der Waals surface area contributed by atoms with Crippen LogP contribution >= 0.6 is 15.2 Å². The summed E-state index contributed by atoms with van der Waals surface area (Å²) in [6.07, 6.45) is 22.1. The minimum atomic E-state index is -3.55. The molecular weight excluding hydrogens is 553 g/mol. The predicted octanol–water partition coefficient (Wildman–Crippen LogP) is 8.99. The molecule has 0 rings (SSSR count). The molecule has 9 heteroatoms. The van der Waals surface area contributed by atoms with Gasteiger partial charge in [-0.15, -0.1) is 0 Å². The molecule has 0 heterocycles. The topological polar surface area (TPSA) is 98.7 Å². The van der Waals surface area contributed by atoms with Gasteiger partial charge in [-0.3, -0.25) is 0 Å². The molecule has 2 atom stereocenters. The fraction of sp³-hybridized carbons (Fsp3) is 1.00. The molecule has 0 N–H and O–H groups in total. The predicted molar refractivity (Wildman–Crippen MR) is 152 cm³/mol. The quantitative estimate of drug-likeness (QED) is 0.0713. The molecule has 0 spiro atoms. The maximum atomic E-state index is 11.6. The second-order valence-corrected chi connectivity index (χ2v) is 13.8. The van der Waals surface area contributed by atoms with Gasteiger partial charge in [0.25, 0.3) is 0 Å². The number of hydrogen-bond donors (Lipinski definition) is 0. The van der Waals surface area contributed by atoms with Gasteiger partial charge in [0.05, 0.1) is 13.2 Å². The molecule has 0 saturated heterocycles. The molecule has 0 aliphatic carbocycles. The van der Waals surface area contributed by atoms with Crippen LogP contribution in [-0.4, -0.2) is 25.5 Å². The summed E-state index contributed by atoms with van der Waals surface area (Å²) in [6, 6.07) is 0. The van der Waals surface area contributed by atoms with Gasteiger partial charge < -0.3 is 28.0 Å². The molecular formula is C28H60CoO6P2. The second-order valence-electron chi connectivity index (χ2n) is 9.99. The summed E-state index contributed by atoms with van der Waals surface area (Å²) in [5.74, 6) is 0. The van der Waals surface area contributed by atoms with Gasteiger partial charge in [-0.05, 0) is 25.7 Å². The van der Waals surface area contributed by atoms with E-state index in [4.69, 9.17) is 9.05 Å². The van der Waals surface area contributed by atoms with Crippen molar-refractivity contribution < 1.29 is 44.7 Å². The molecule has 0 amide bonds. The molecule has 0 saturated carbocycles. The Morgan fingerprint density at radius 1 is 0.432 bits per heavy atom. The summed E-state index contributed by atoms with van der Waals surface area (Å²) in [6.45, 7) is 9.39. The zero-order chi connectivity index (χ0) is 27.4. The SMILES string of the molecule is CCCCCCCOP(=O)([O-])CCCCCCC.CCCCCCCOP(=O)([O-])CCCCCCC.[Co+2]. The summed E-state index contributed by atoms with van der Waals surface area (Å²) in [5, 5.41) is 0. The van der Waals surface area contributed by atoms with Crippen LogP contribution in [-0.2, 0) is 35.0 Å². The van der Waals surface area contributed by atoms with Crippen LogP contribution in [0.25, 0.3) is 0 Å². The van der Waals surface area contributed by atoms with E-state index in [1.807, 2.05) is 0 Å². The molecule has 0 aromatic carbocycles. The number of hydrogen-bond acceptors (Lipinski definition) is 6. The van der Waals surface area contributed by atoms with Gasteiger partial charge in [0.2, 0.25) is 0 Å². The molecule has 0 aromatic heterocycles. The fourth-order valence-electron chi connectivity index (χ4n) is 3.77. The van der Waals surface area contributed by atoms with Crippen molar-refractivity contribution in [2.45, 2.75) is 156 Å². The maximum Gasteiger partial charge on any atom is 2.00 e. The monoisotopic (exact) mass is 613 g/mol. The van der Waals surface area contributed by atoms with Crippen molar-refractivity contribution in [2.24, 2.45) is 0 Å². The smallest absolute Gasteiger partial charge is 0.778 e. The molecule has 1 radical (unpaired) electrons. The minimum Gasteiger partial charge on any atom is -0.778 e. The van der Waals surface area contributed by atoms with E-state index in [1.54, 1.807) is 0 Å². The first-order chi connectivity index (χ1) is 17.2. The molecule has 37 heavy (non-hydrogen) atoms. The van der Waals surface area contributed by atoms with E-state index in [-0.39, 0.29) is 29.1 Å². The largest absolute Gasteiger partial charge is 2.00 e. The van der Waals surface area contributed by atoms with Crippen molar-refractivity contribution >= 4 is 15.2 Å². The zero-order valence-corrected chi connectivity index (χ0v) is 27.5. The van der Waals surface area contributed by atoms with E-state index in [1.165, 1.54) is 64.2 Å². The average Bonchev–Trinajstić information content (AvgIpc) is 2.83. The van der Waals surface area contributed by atoms with Gasteiger partial charge in [0.15, 0.2) is 0 Å². The van der Waals surface area contributed by atoms with Crippen molar-refractivity contribution in [2.75, 3.05) is 25.5 Å². The van der Waals surface area contributed by atoms with Crippen LogP contribution in [0.1, 0.15) is 156 Å². The Bertz CT molecular complexity index is 491. The van der Waals surface area contributed by atoms with Gasteiger partial charge >= 0.3 is 16.8 Å². The van der Waals surface area contributed by atoms with Crippen LogP contribution < -0.4 is 9.79 Å². The Balaban J connectivity index is -0.000000608. The van der Waals surface area contributed by atoms with E-state index in [0.29, 0.717) is 13.2 Å². The van der Waals surface area contributed by atoms with E-state index in [0.717, 1.165) is 64.2 Å². The summed E-state index contributed by atoms with van der Waals surface area (Å²) in [4.78, 5) is 23.1. The van der Waals surface area contributed by atoms with Gasteiger partial charge in [-0.2, -0.15) is 0 Å². The van der Waals surface area contributed by atoms with Crippen molar-refractivity contribution in [1.29, 1.82) is 0 Å². The van der Waals surface area contributed by atoms with Gasteiger partial charge in [0.1, 0.15) is 15.2 Å². The van der Waals surface area contributed by atoms with Gasteiger partial charge in [-0.25, -0.2) is 0 Å². The van der Waals surface area contributed by atoms with Crippen LogP contribution in [0.4, 0.5) is 0 Å².